The fourth-order valence-corrected chi connectivity index (χ4v) is 4.39. The molecule has 1 N–H and O–H groups in total. The summed E-state index contributed by atoms with van der Waals surface area (Å²) in [6.45, 7) is 3.83. The Morgan fingerprint density at radius 3 is 2.61 bits per heavy atom. The first-order chi connectivity index (χ1) is 13.2. The van der Waals surface area contributed by atoms with E-state index >= 15 is 0 Å². The lowest BCUT2D eigenvalue weighted by Gasteiger charge is -2.56. The number of rotatable bonds is 2. The molecule has 2 heterocycles. The molecule has 0 aromatic heterocycles. The molecule has 3 unspecified atom stereocenters. The molecule has 4 rings (SSSR count). The molecule has 148 valence electrons. The van der Waals surface area contributed by atoms with Crippen LogP contribution in [0, 0.1) is 5.92 Å². The second kappa shape index (κ2) is 6.27. The van der Waals surface area contributed by atoms with Gasteiger partial charge < -0.3 is 14.8 Å². The lowest BCUT2D eigenvalue weighted by Crippen LogP contribution is -2.69. The summed E-state index contributed by atoms with van der Waals surface area (Å²) in [6, 6.07) is 10.6. The topological polar surface area (TPSA) is 33.7 Å². The summed E-state index contributed by atoms with van der Waals surface area (Å²) in [5.74, 6) is 1.04. The number of nitrogens with one attached hydrogen (secondary N) is 1. The second-order valence-corrected chi connectivity index (χ2v) is 7.52. The number of benzene rings is 2. The van der Waals surface area contributed by atoms with Gasteiger partial charge in [0.05, 0.1) is 18.7 Å². The SMILES string of the molecule is COc1cccc2c1OC1(C)C(C)C2NC(=S)N1c1cccc(C(F)(F)F)c1. The van der Waals surface area contributed by atoms with Gasteiger partial charge >= 0.3 is 6.18 Å². The van der Waals surface area contributed by atoms with Gasteiger partial charge in [0.2, 0.25) is 0 Å². The molecular formula is C20H19F3N2O2S. The quantitative estimate of drug-likeness (QED) is 0.716. The molecule has 0 saturated carbocycles. The average Bonchev–Trinajstić information content (AvgIpc) is 2.63. The van der Waals surface area contributed by atoms with Crippen molar-refractivity contribution < 1.29 is 22.6 Å². The fraction of sp³-hybridized carbons (Fsp3) is 0.350. The van der Waals surface area contributed by atoms with E-state index in [1.54, 1.807) is 24.1 Å². The monoisotopic (exact) mass is 408 g/mol. The van der Waals surface area contributed by atoms with E-state index in [0.717, 1.165) is 17.7 Å². The lowest BCUT2D eigenvalue weighted by atomic mass is 9.80. The van der Waals surface area contributed by atoms with Crippen molar-refractivity contribution in [3.8, 4) is 11.5 Å². The van der Waals surface area contributed by atoms with Crippen LogP contribution in [0.3, 0.4) is 0 Å². The number of alkyl halides is 3. The summed E-state index contributed by atoms with van der Waals surface area (Å²) >= 11 is 5.54. The van der Waals surface area contributed by atoms with Crippen LogP contribution in [0.2, 0.25) is 0 Å². The largest absolute Gasteiger partial charge is 0.493 e. The number of hydrogen-bond acceptors (Lipinski definition) is 3. The minimum Gasteiger partial charge on any atom is -0.493 e. The van der Waals surface area contributed by atoms with Crippen LogP contribution in [-0.2, 0) is 6.18 Å². The van der Waals surface area contributed by atoms with E-state index in [1.807, 2.05) is 26.0 Å². The van der Waals surface area contributed by atoms with Gasteiger partial charge in [-0.1, -0.05) is 25.1 Å². The Labute approximate surface area is 166 Å². The van der Waals surface area contributed by atoms with Crippen LogP contribution in [0.1, 0.15) is 31.0 Å². The average molecular weight is 408 g/mol. The third-order valence-corrected chi connectivity index (χ3v) is 5.88. The maximum atomic E-state index is 13.2. The molecule has 3 atom stereocenters. The van der Waals surface area contributed by atoms with E-state index in [0.29, 0.717) is 22.3 Å². The first kappa shape index (κ1) is 18.9. The number of thiocarbonyl (C=S) groups is 1. The Morgan fingerprint density at radius 1 is 1.21 bits per heavy atom. The molecule has 0 amide bonds. The summed E-state index contributed by atoms with van der Waals surface area (Å²) in [7, 11) is 1.55. The zero-order chi connectivity index (χ0) is 20.3. The molecule has 8 heteroatoms. The third-order valence-electron chi connectivity index (χ3n) is 5.58. The van der Waals surface area contributed by atoms with Crippen molar-refractivity contribution in [1.82, 2.24) is 5.32 Å². The van der Waals surface area contributed by atoms with Crippen molar-refractivity contribution in [3.63, 3.8) is 0 Å². The second-order valence-electron chi connectivity index (χ2n) is 7.13. The first-order valence-electron chi connectivity index (χ1n) is 8.80. The van der Waals surface area contributed by atoms with Crippen LogP contribution in [0.25, 0.3) is 0 Å². The highest BCUT2D eigenvalue weighted by atomic mass is 32.1. The third kappa shape index (κ3) is 2.70. The van der Waals surface area contributed by atoms with Gasteiger partial charge in [0, 0.05) is 17.2 Å². The van der Waals surface area contributed by atoms with E-state index in [2.05, 4.69) is 5.32 Å². The summed E-state index contributed by atoms with van der Waals surface area (Å²) < 4.78 is 51.5. The van der Waals surface area contributed by atoms with Gasteiger partial charge in [-0.25, -0.2) is 0 Å². The van der Waals surface area contributed by atoms with E-state index in [1.165, 1.54) is 6.07 Å². The Hall–Kier alpha value is -2.48. The Bertz CT molecular complexity index is 949. The normalized spacial score (nSPS) is 26.2. The van der Waals surface area contributed by atoms with Gasteiger partial charge in [0.15, 0.2) is 22.3 Å². The maximum Gasteiger partial charge on any atom is 0.416 e. The number of anilines is 1. The van der Waals surface area contributed by atoms with E-state index in [9.17, 15) is 13.2 Å². The molecule has 0 spiro atoms. The minimum absolute atomic E-state index is 0.103. The van der Waals surface area contributed by atoms with Crippen molar-refractivity contribution in [3.05, 3.63) is 53.6 Å². The number of methoxy groups -OCH3 is 1. The van der Waals surface area contributed by atoms with Crippen LogP contribution < -0.4 is 19.7 Å². The molecule has 1 saturated heterocycles. The zero-order valence-electron chi connectivity index (χ0n) is 15.5. The van der Waals surface area contributed by atoms with E-state index in [4.69, 9.17) is 21.7 Å². The Balaban J connectivity index is 1.85. The summed E-state index contributed by atoms with van der Waals surface area (Å²) in [5, 5.41) is 3.60. The highest BCUT2D eigenvalue weighted by Gasteiger charge is 2.54. The van der Waals surface area contributed by atoms with Gasteiger partial charge in [-0.15, -0.1) is 0 Å². The predicted molar refractivity (Wildman–Crippen MR) is 104 cm³/mol. The van der Waals surface area contributed by atoms with Gasteiger partial charge in [0.25, 0.3) is 0 Å². The summed E-state index contributed by atoms with van der Waals surface area (Å²) in [4.78, 5) is 1.62. The number of nitrogens with zero attached hydrogens (tertiary/aromatic N) is 1. The fourth-order valence-electron chi connectivity index (χ4n) is 3.97. The van der Waals surface area contributed by atoms with Crippen molar-refractivity contribution >= 4 is 23.0 Å². The molecule has 2 bridgehead atoms. The smallest absolute Gasteiger partial charge is 0.416 e. The molecule has 28 heavy (non-hydrogen) atoms. The molecule has 1 fully saturated rings. The number of ether oxygens (including phenoxy) is 2. The number of halogens is 3. The van der Waals surface area contributed by atoms with E-state index < -0.39 is 17.5 Å². The van der Waals surface area contributed by atoms with Gasteiger partial charge in [-0.05, 0) is 43.4 Å². The molecule has 0 radical (unpaired) electrons. The molecule has 2 aromatic carbocycles. The van der Waals surface area contributed by atoms with Crippen molar-refractivity contribution in [2.75, 3.05) is 12.0 Å². The lowest BCUT2D eigenvalue weighted by molar-refractivity contribution is -0.137. The predicted octanol–water partition coefficient (Wildman–Crippen LogP) is 4.89. The van der Waals surface area contributed by atoms with Crippen molar-refractivity contribution in [2.24, 2.45) is 5.92 Å². The Kier molecular flexibility index (Phi) is 4.22. The number of fused-ring (bicyclic) bond motifs is 4. The van der Waals surface area contributed by atoms with Gasteiger partial charge in [-0.3, -0.25) is 4.90 Å². The Morgan fingerprint density at radius 2 is 1.93 bits per heavy atom. The van der Waals surface area contributed by atoms with E-state index in [-0.39, 0.29) is 12.0 Å². The minimum atomic E-state index is -4.45. The first-order valence-corrected chi connectivity index (χ1v) is 9.21. The van der Waals surface area contributed by atoms with Crippen molar-refractivity contribution in [2.45, 2.75) is 31.8 Å². The summed E-state index contributed by atoms with van der Waals surface area (Å²) in [6.07, 6.45) is -4.45. The van der Waals surface area contributed by atoms with Crippen LogP contribution >= 0.6 is 12.2 Å². The van der Waals surface area contributed by atoms with Crippen LogP contribution in [0.5, 0.6) is 11.5 Å². The molecular weight excluding hydrogens is 389 g/mol. The molecule has 2 aromatic rings. The zero-order valence-corrected chi connectivity index (χ0v) is 16.3. The van der Waals surface area contributed by atoms with Crippen molar-refractivity contribution in [1.29, 1.82) is 0 Å². The van der Waals surface area contributed by atoms with Gasteiger partial charge in [0.1, 0.15) is 0 Å². The van der Waals surface area contributed by atoms with Crippen LogP contribution in [-0.4, -0.2) is 17.9 Å². The molecule has 2 aliphatic heterocycles. The standard InChI is InChI=1S/C20H19F3N2O2S/c1-11-16-14-8-5-9-15(26-3)17(14)27-19(11,2)25(18(28)24-16)13-7-4-6-12(10-13)20(21,22)23/h4-11,16H,1-3H3,(H,24,28). The molecule has 0 aliphatic carbocycles. The van der Waals surface area contributed by atoms with Crippen LogP contribution in [0.4, 0.5) is 18.9 Å². The highest BCUT2D eigenvalue weighted by Crippen LogP contribution is 2.52. The molecule has 4 nitrogen and oxygen atoms in total. The number of hydrogen-bond donors (Lipinski definition) is 1. The summed E-state index contributed by atoms with van der Waals surface area (Å²) in [5.41, 5.74) is -0.493. The number of para-hydroxylation sites is 1. The highest BCUT2D eigenvalue weighted by molar-refractivity contribution is 7.80. The van der Waals surface area contributed by atoms with Gasteiger partial charge in [-0.2, -0.15) is 13.2 Å². The molecule has 2 aliphatic rings. The van der Waals surface area contributed by atoms with Crippen LogP contribution in [0.15, 0.2) is 42.5 Å². The maximum absolute atomic E-state index is 13.2.